The smallest absolute Gasteiger partial charge is 0.177 e. The Morgan fingerprint density at radius 3 is 2.58 bits per heavy atom. The molecule has 0 aromatic heterocycles. The molecule has 0 amide bonds. The van der Waals surface area contributed by atoms with Gasteiger partial charge < -0.3 is 15.3 Å². The second kappa shape index (κ2) is 7.37. The van der Waals surface area contributed by atoms with Crippen LogP contribution >= 0.6 is 0 Å². The van der Waals surface area contributed by atoms with Gasteiger partial charge in [0.25, 0.3) is 0 Å². The van der Waals surface area contributed by atoms with Crippen molar-refractivity contribution >= 4 is 21.5 Å². The van der Waals surface area contributed by atoms with Gasteiger partial charge in [-0.1, -0.05) is 6.42 Å². The molecule has 0 aliphatic heterocycles. The number of unbranched alkanes of at least 4 members (excludes halogenated alkanes) is 1. The summed E-state index contributed by atoms with van der Waals surface area (Å²) in [6, 6.07) is -0.206. The fraction of sp³-hybridized carbons (Fsp3) is 0.857. The van der Waals surface area contributed by atoms with Gasteiger partial charge in [0.1, 0.15) is 0 Å². The van der Waals surface area contributed by atoms with Crippen LogP contribution in [0.25, 0.3) is 0 Å². The first-order chi connectivity index (χ1) is 5.72. The lowest BCUT2D eigenvalue weighted by Gasteiger charge is -2.12. The zero-order valence-electron chi connectivity index (χ0n) is 7.47. The lowest BCUT2D eigenvalue weighted by atomic mass is 9.91. The van der Waals surface area contributed by atoms with Gasteiger partial charge in [0, 0.05) is 0 Å². The predicted octanol–water partition coefficient (Wildman–Crippen LogP) is -0.887. The van der Waals surface area contributed by atoms with E-state index in [0.29, 0.717) is 0 Å². The lowest BCUT2D eigenvalue weighted by molar-refractivity contribution is -0.113. The summed E-state index contributed by atoms with van der Waals surface area (Å²) in [6.07, 6.45) is 2.67. The summed E-state index contributed by atoms with van der Waals surface area (Å²) in [4.78, 5) is 10.7. The van der Waals surface area contributed by atoms with E-state index in [1.54, 1.807) is 7.05 Å². The van der Waals surface area contributed by atoms with Crippen LogP contribution in [-0.2, 0) is 4.79 Å². The van der Waals surface area contributed by atoms with E-state index in [2.05, 4.69) is 10.5 Å². The van der Waals surface area contributed by atoms with Gasteiger partial charge in [0.2, 0.25) is 0 Å². The van der Waals surface area contributed by atoms with E-state index in [-0.39, 0.29) is 11.7 Å². The van der Waals surface area contributed by atoms with Gasteiger partial charge in [-0.2, -0.15) is 0 Å². The van der Waals surface area contributed by atoms with E-state index in [4.69, 9.17) is 15.8 Å². The number of rotatable bonds is 7. The van der Waals surface area contributed by atoms with Crippen LogP contribution in [0.3, 0.4) is 0 Å². The molecule has 0 saturated heterocycles. The molecule has 0 aromatic carbocycles. The maximum Gasteiger partial charge on any atom is 0.177 e. The number of likely N-dealkylation sites (N-methyl/N-ethyl adjacent to an activating group) is 1. The van der Waals surface area contributed by atoms with Crippen LogP contribution in [0.5, 0.6) is 0 Å². The fourth-order valence-corrected chi connectivity index (χ4v) is 1.00. The highest BCUT2D eigenvalue weighted by Gasteiger charge is 2.08. The van der Waals surface area contributed by atoms with Gasteiger partial charge in [0.15, 0.2) is 15.8 Å². The highest BCUT2D eigenvalue weighted by Crippen LogP contribution is 1.99. The normalized spacial score (nSPS) is 12.8. The number of hydrogen-bond acceptors (Lipinski definition) is 3. The first kappa shape index (κ1) is 11.7. The fourth-order valence-electron chi connectivity index (χ4n) is 1.00. The van der Waals surface area contributed by atoms with Crippen molar-refractivity contribution in [3.05, 3.63) is 0 Å². The highest BCUT2D eigenvalue weighted by atomic mass is 16.1. The largest absolute Gasteiger partial charge is 0.366 e. The molecule has 0 heterocycles. The van der Waals surface area contributed by atoms with Crippen molar-refractivity contribution < 1.29 is 4.79 Å². The summed E-state index contributed by atoms with van der Waals surface area (Å²) < 4.78 is 0. The molecule has 3 nitrogen and oxygen atoms in total. The summed E-state index contributed by atoms with van der Waals surface area (Å²) in [7, 11) is 11.9. The third kappa shape index (κ3) is 5.38. The van der Waals surface area contributed by atoms with Crippen molar-refractivity contribution in [1.29, 1.82) is 0 Å². The van der Waals surface area contributed by atoms with Crippen molar-refractivity contribution in [1.82, 2.24) is 10.5 Å². The second-order valence-electron chi connectivity index (χ2n) is 2.69. The van der Waals surface area contributed by atoms with E-state index in [1.165, 1.54) is 0 Å². The van der Waals surface area contributed by atoms with E-state index < -0.39 is 0 Å². The van der Waals surface area contributed by atoms with Crippen molar-refractivity contribution in [3.63, 3.8) is 0 Å². The first-order valence-electron chi connectivity index (χ1n) is 4.12. The Labute approximate surface area is 76.5 Å². The molecule has 2 N–H and O–H groups in total. The summed E-state index contributed by atoms with van der Waals surface area (Å²) in [5, 5.41) is 5.40. The van der Waals surface area contributed by atoms with Crippen molar-refractivity contribution in [2.45, 2.75) is 25.3 Å². The van der Waals surface area contributed by atoms with Gasteiger partial charge in [-0.3, -0.25) is 0 Å². The highest BCUT2D eigenvalue weighted by molar-refractivity contribution is 6.59. The quantitative estimate of drug-likeness (QED) is 0.378. The molecule has 12 heavy (non-hydrogen) atoms. The molecule has 0 unspecified atom stereocenters. The molecule has 0 rings (SSSR count). The van der Waals surface area contributed by atoms with E-state index in [9.17, 15) is 4.79 Å². The minimum Gasteiger partial charge on any atom is -0.366 e. The van der Waals surface area contributed by atoms with E-state index >= 15 is 0 Å². The Bertz CT molecular complexity index is 133. The maximum atomic E-state index is 10.7. The van der Waals surface area contributed by atoms with E-state index in [0.717, 1.165) is 25.8 Å². The summed E-state index contributed by atoms with van der Waals surface area (Å²) in [5.74, 6) is 0. The molecular formula is C7H14B2N2O. The molecule has 4 radical (unpaired) electrons. The van der Waals surface area contributed by atoms with Crippen molar-refractivity contribution in [3.8, 4) is 0 Å². The van der Waals surface area contributed by atoms with Crippen LogP contribution in [0.1, 0.15) is 19.3 Å². The molecule has 0 saturated carbocycles. The van der Waals surface area contributed by atoms with Gasteiger partial charge in [-0.15, -0.1) is 0 Å². The molecule has 0 aliphatic rings. The molecule has 0 aromatic rings. The Balaban J connectivity index is 3.38. The molecule has 1 atom stereocenters. The van der Waals surface area contributed by atoms with Crippen LogP contribution < -0.4 is 10.5 Å². The Morgan fingerprint density at radius 1 is 1.50 bits per heavy atom. The standard InChI is InChI=1S/C7H14B2N2O/c1-10-6(7(8)12)4-2-3-5-11-9/h6,10-11H,2-5H2,1H3/t6-/m0/s1. The topological polar surface area (TPSA) is 41.1 Å². The molecule has 0 aliphatic carbocycles. The zero-order chi connectivity index (χ0) is 9.40. The number of nitrogens with one attached hydrogen (secondary N) is 2. The Kier molecular flexibility index (Phi) is 7.20. The van der Waals surface area contributed by atoms with Gasteiger partial charge in [-0.05, 0) is 26.4 Å². The average Bonchev–Trinajstić information content (AvgIpc) is 2.04. The van der Waals surface area contributed by atoms with Crippen LogP contribution in [-0.4, -0.2) is 41.1 Å². The summed E-state index contributed by atoms with van der Waals surface area (Å²) in [5.41, 5.74) is -0.293. The van der Waals surface area contributed by atoms with Crippen LogP contribution in [0.15, 0.2) is 0 Å². The molecule has 0 bridgehead atoms. The first-order valence-corrected chi connectivity index (χ1v) is 4.12. The number of hydrogen-bond donors (Lipinski definition) is 2. The molecule has 0 spiro atoms. The lowest BCUT2D eigenvalue weighted by Crippen LogP contribution is -2.34. The molecule has 0 fully saturated rings. The van der Waals surface area contributed by atoms with Gasteiger partial charge in [-0.25, -0.2) is 0 Å². The monoisotopic (exact) mass is 164 g/mol. The number of carbonyl (C=O) groups is 1. The minimum atomic E-state index is -0.293. The van der Waals surface area contributed by atoms with Crippen molar-refractivity contribution in [2.24, 2.45) is 0 Å². The van der Waals surface area contributed by atoms with Crippen LogP contribution in [0, 0.1) is 0 Å². The summed E-state index contributed by atoms with van der Waals surface area (Å²) >= 11 is 0. The maximum absolute atomic E-state index is 10.7. The van der Waals surface area contributed by atoms with Crippen LogP contribution in [0.2, 0.25) is 0 Å². The SMILES string of the molecule is [B]NCCCC[C@H](NC)C([B])=O. The second-order valence-corrected chi connectivity index (χ2v) is 2.69. The minimum absolute atomic E-state index is 0.206. The summed E-state index contributed by atoms with van der Waals surface area (Å²) in [6.45, 7) is 0.773. The third-order valence-corrected chi connectivity index (χ3v) is 1.76. The number of carbonyl (C=O) groups excluding carboxylic acids is 1. The average molecular weight is 164 g/mol. The van der Waals surface area contributed by atoms with Gasteiger partial charge in [0.05, 0.1) is 11.7 Å². The predicted molar refractivity (Wildman–Crippen MR) is 51.2 cm³/mol. The molecule has 5 heteroatoms. The Hall–Kier alpha value is -0.280. The Morgan fingerprint density at radius 2 is 2.17 bits per heavy atom. The van der Waals surface area contributed by atoms with Gasteiger partial charge >= 0.3 is 0 Å². The molecule has 64 valence electrons. The zero-order valence-corrected chi connectivity index (χ0v) is 7.47. The van der Waals surface area contributed by atoms with Crippen LogP contribution in [0.4, 0.5) is 0 Å². The molecular weight excluding hydrogens is 150 g/mol. The third-order valence-electron chi connectivity index (χ3n) is 1.76. The van der Waals surface area contributed by atoms with Crippen molar-refractivity contribution in [2.75, 3.05) is 13.6 Å². The van der Waals surface area contributed by atoms with E-state index in [1.807, 2.05) is 0 Å².